The maximum absolute atomic E-state index is 13.6. The summed E-state index contributed by atoms with van der Waals surface area (Å²) in [6.07, 6.45) is 2.09. The molecule has 0 saturated heterocycles. The van der Waals surface area contributed by atoms with Crippen molar-refractivity contribution in [2.75, 3.05) is 20.1 Å². The molecule has 0 bridgehead atoms. The molecule has 118 valence electrons. The van der Waals surface area contributed by atoms with Gasteiger partial charge in [0.15, 0.2) is 0 Å². The minimum absolute atomic E-state index is 0.117. The van der Waals surface area contributed by atoms with Crippen molar-refractivity contribution < 1.29 is 14.3 Å². The summed E-state index contributed by atoms with van der Waals surface area (Å²) in [5.41, 5.74) is 0.515. The number of carboxylic acid groups (broad SMARTS) is 1. The first-order valence-electron chi connectivity index (χ1n) is 7.34. The third kappa shape index (κ3) is 6.23. The molecule has 1 aromatic rings. The van der Waals surface area contributed by atoms with E-state index in [1.807, 2.05) is 0 Å². The van der Waals surface area contributed by atoms with Crippen molar-refractivity contribution in [2.45, 2.75) is 39.3 Å². The van der Waals surface area contributed by atoms with Gasteiger partial charge in [-0.05, 0) is 65.0 Å². The maximum Gasteiger partial charge on any atom is 0.335 e. The minimum Gasteiger partial charge on any atom is -0.478 e. The predicted octanol–water partition coefficient (Wildman–Crippen LogP) is 2.73. The highest BCUT2D eigenvalue weighted by Gasteiger charge is 2.08. The Hall–Kier alpha value is -1.46. The first-order chi connectivity index (χ1) is 9.91. The number of aromatic carboxylic acids is 1. The highest BCUT2D eigenvalue weighted by molar-refractivity contribution is 5.87. The fourth-order valence-corrected chi connectivity index (χ4v) is 1.94. The molecule has 1 aromatic carbocycles. The van der Waals surface area contributed by atoms with Crippen LogP contribution in [0.25, 0.3) is 0 Å². The zero-order valence-electron chi connectivity index (χ0n) is 13.0. The Morgan fingerprint density at radius 3 is 2.71 bits per heavy atom. The molecule has 0 amide bonds. The summed E-state index contributed by atoms with van der Waals surface area (Å²) >= 11 is 0. The number of carboxylic acids is 1. The van der Waals surface area contributed by atoms with Crippen LogP contribution < -0.4 is 5.32 Å². The van der Waals surface area contributed by atoms with E-state index in [1.165, 1.54) is 18.2 Å². The van der Waals surface area contributed by atoms with Crippen LogP contribution in [0.3, 0.4) is 0 Å². The van der Waals surface area contributed by atoms with E-state index in [2.05, 4.69) is 31.1 Å². The molecule has 0 unspecified atom stereocenters. The Kier molecular flexibility index (Phi) is 7.32. The Balaban J connectivity index is 2.30. The van der Waals surface area contributed by atoms with Gasteiger partial charge in [-0.2, -0.15) is 0 Å². The van der Waals surface area contributed by atoms with Crippen molar-refractivity contribution in [1.29, 1.82) is 0 Å². The van der Waals surface area contributed by atoms with Crippen molar-refractivity contribution in [2.24, 2.45) is 0 Å². The van der Waals surface area contributed by atoms with Gasteiger partial charge in [-0.15, -0.1) is 0 Å². The molecular formula is C16H25FN2O2. The lowest BCUT2D eigenvalue weighted by molar-refractivity contribution is 0.0696. The molecular weight excluding hydrogens is 271 g/mol. The minimum atomic E-state index is -1.03. The number of rotatable bonds is 9. The van der Waals surface area contributed by atoms with E-state index in [-0.39, 0.29) is 11.4 Å². The van der Waals surface area contributed by atoms with Crippen molar-refractivity contribution >= 4 is 5.97 Å². The van der Waals surface area contributed by atoms with Crippen LogP contribution in [0.1, 0.15) is 42.6 Å². The second-order valence-corrected chi connectivity index (χ2v) is 5.57. The number of hydrogen-bond donors (Lipinski definition) is 2. The molecule has 0 aliphatic carbocycles. The van der Waals surface area contributed by atoms with Crippen LogP contribution >= 0.6 is 0 Å². The second-order valence-electron chi connectivity index (χ2n) is 5.57. The van der Waals surface area contributed by atoms with Crippen molar-refractivity contribution in [3.05, 3.63) is 35.1 Å². The topological polar surface area (TPSA) is 52.6 Å². The second kappa shape index (κ2) is 8.74. The monoisotopic (exact) mass is 296 g/mol. The fraction of sp³-hybridized carbons (Fsp3) is 0.562. The lowest BCUT2D eigenvalue weighted by atomic mass is 10.1. The molecule has 5 heteroatoms. The SMILES string of the molecule is CC(C)N(C)CCCCNCc1cc(C(=O)O)ccc1F. The van der Waals surface area contributed by atoms with Crippen molar-refractivity contribution in [3.63, 3.8) is 0 Å². The fourth-order valence-electron chi connectivity index (χ4n) is 1.94. The molecule has 0 radical (unpaired) electrons. The molecule has 0 aromatic heterocycles. The van der Waals surface area contributed by atoms with Gasteiger partial charge in [0.25, 0.3) is 0 Å². The van der Waals surface area contributed by atoms with Crippen LogP contribution in [0.4, 0.5) is 4.39 Å². The third-order valence-electron chi connectivity index (χ3n) is 3.60. The smallest absolute Gasteiger partial charge is 0.335 e. The van der Waals surface area contributed by atoms with Gasteiger partial charge in [0.2, 0.25) is 0 Å². The Morgan fingerprint density at radius 1 is 1.38 bits per heavy atom. The summed E-state index contributed by atoms with van der Waals surface area (Å²) in [4.78, 5) is 13.1. The van der Waals surface area contributed by atoms with Gasteiger partial charge in [0.1, 0.15) is 5.82 Å². The number of nitrogens with one attached hydrogen (secondary N) is 1. The number of carbonyl (C=O) groups is 1. The molecule has 0 aliphatic heterocycles. The van der Waals surface area contributed by atoms with Crippen LogP contribution in [0.2, 0.25) is 0 Å². The summed E-state index contributed by atoms with van der Waals surface area (Å²) < 4.78 is 13.6. The van der Waals surface area contributed by atoms with Gasteiger partial charge in [-0.25, -0.2) is 9.18 Å². The lowest BCUT2D eigenvalue weighted by Crippen LogP contribution is -2.27. The number of hydrogen-bond acceptors (Lipinski definition) is 3. The number of halogens is 1. The van der Waals surface area contributed by atoms with Crippen LogP contribution in [0.5, 0.6) is 0 Å². The first-order valence-corrected chi connectivity index (χ1v) is 7.34. The van der Waals surface area contributed by atoms with E-state index < -0.39 is 5.97 Å². The molecule has 0 spiro atoms. The standard InChI is InChI=1S/C16H25FN2O2/c1-12(2)19(3)9-5-4-8-18-11-14-10-13(16(20)21)6-7-15(14)17/h6-7,10,12,18H,4-5,8-9,11H2,1-3H3,(H,20,21). The largest absolute Gasteiger partial charge is 0.478 e. The van der Waals surface area contributed by atoms with E-state index in [0.717, 1.165) is 25.9 Å². The van der Waals surface area contributed by atoms with Crippen LogP contribution in [-0.4, -0.2) is 42.2 Å². The predicted molar refractivity (Wildman–Crippen MR) is 82.1 cm³/mol. The molecule has 4 nitrogen and oxygen atoms in total. The van der Waals surface area contributed by atoms with Crippen molar-refractivity contribution in [1.82, 2.24) is 10.2 Å². The third-order valence-corrected chi connectivity index (χ3v) is 3.60. The summed E-state index contributed by atoms with van der Waals surface area (Å²) in [5, 5.41) is 12.1. The molecule has 21 heavy (non-hydrogen) atoms. The molecule has 2 N–H and O–H groups in total. The molecule has 0 fully saturated rings. The number of unbranched alkanes of at least 4 members (excludes halogenated alkanes) is 1. The van der Waals surface area contributed by atoms with E-state index in [0.29, 0.717) is 18.2 Å². The summed E-state index contributed by atoms with van der Waals surface area (Å²) in [5.74, 6) is -1.40. The van der Waals surface area contributed by atoms with Gasteiger partial charge in [0.05, 0.1) is 5.56 Å². The molecule has 0 heterocycles. The molecule has 1 rings (SSSR count). The molecule has 0 aliphatic rings. The number of benzene rings is 1. The maximum atomic E-state index is 13.6. The molecule has 0 atom stereocenters. The number of nitrogens with zero attached hydrogens (tertiary/aromatic N) is 1. The van der Waals surface area contributed by atoms with Crippen molar-refractivity contribution in [3.8, 4) is 0 Å². The van der Waals surface area contributed by atoms with E-state index >= 15 is 0 Å². The van der Waals surface area contributed by atoms with Gasteiger partial charge in [0, 0.05) is 18.2 Å². The van der Waals surface area contributed by atoms with Gasteiger partial charge < -0.3 is 15.3 Å². The zero-order valence-corrected chi connectivity index (χ0v) is 13.0. The Morgan fingerprint density at radius 2 is 2.10 bits per heavy atom. The van der Waals surface area contributed by atoms with Crippen LogP contribution in [-0.2, 0) is 6.54 Å². The van der Waals surface area contributed by atoms with E-state index in [9.17, 15) is 9.18 Å². The van der Waals surface area contributed by atoms with E-state index in [1.54, 1.807) is 0 Å². The average molecular weight is 296 g/mol. The summed E-state index contributed by atoms with van der Waals surface area (Å²) in [6, 6.07) is 4.42. The van der Waals surface area contributed by atoms with Gasteiger partial charge >= 0.3 is 5.97 Å². The lowest BCUT2D eigenvalue weighted by Gasteiger charge is -2.20. The normalized spacial score (nSPS) is 11.3. The van der Waals surface area contributed by atoms with Crippen LogP contribution in [0.15, 0.2) is 18.2 Å². The Bertz CT molecular complexity index is 464. The van der Waals surface area contributed by atoms with Gasteiger partial charge in [-0.1, -0.05) is 0 Å². The highest BCUT2D eigenvalue weighted by atomic mass is 19.1. The average Bonchev–Trinajstić information content (AvgIpc) is 2.43. The Labute approximate surface area is 126 Å². The molecule has 0 saturated carbocycles. The van der Waals surface area contributed by atoms with Crippen LogP contribution in [0, 0.1) is 5.82 Å². The highest BCUT2D eigenvalue weighted by Crippen LogP contribution is 2.10. The van der Waals surface area contributed by atoms with E-state index in [4.69, 9.17) is 5.11 Å². The van der Waals surface area contributed by atoms with Gasteiger partial charge in [-0.3, -0.25) is 0 Å². The summed E-state index contributed by atoms with van der Waals surface area (Å²) in [6.45, 7) is 6.52. The first kappa shape index (κ1) is 17.6. The summed E-state index contributed by atoms with van der Waals surface area (Å²) in [7, 11) is 2.10. The zero-order chi connectivity index (χ0) is 15.8. The quantitative estimate of drug-likeness (QED) is 0.688.